The first-order valence-corrected chi connectivity index (χ1v) is 8.77. The van der Waals surface area contributed by atoms with Crippen molar-refractivity contribution < 1.29 is 23.1 Å². The molecule has 1 N–H and O–H groups in total. The number of hydrogen-bond acceptors (Lipinski definition) is 5. The fraction of sp³-hybridized carbons (Fsp3) is 0.0909. The second-order valence-electron chi connectivity index (χ2n) is 6.25. The highest BCUT2D eigenvalue weighted by Crippen LogP contribution is 2.28. The second-order valence-corrected chi connectivity index (χ2v) is 6.25. The third-order valence-electron chi connectivity index (χ3n) is 4.36. The van der Waals surface area contributed by atoms with Crippen LogP contribution in [0.3, 0.4) is 0 Å². The van der Waals surface area contributed by atoms with Gasteiger partial charge in [-0.1, -0.05) is 18.2 Å². The molecule has 0 fully saturated rings. The van der Waals surface area contributed by atoms with Crippen LogP contribution in [0.4, 0.5) is 10.1 Å². The van der Waals surface area contributed by atoms with Gasteiger partial charge in [0.1, 0.15) is 5.58 Å². The molecular formula is C22H16FNO5. The number of fused-ring (bicyclic) bond motifs is 2. The molecule has 1 heterocycles. The molecule has 4 aromatic rings. The van der Waals surface area contributed by atoms with Crippen LogP contribution in [-0.4, -0.2) is 19.6 Å². The monoisotopic (exact) mass is 393 g/mol. The van der Waals surface area contributed by atoms with Crippen molar-refractivity contribution >= 4 is 33.5 Å². The molecule has 0 aliphatic rings. The molecule has 29 heavy (non-hydrogen) atoms. The molecule has 0 bridgehead atoms. The Morgan fingerprint density at radius 1 is 1.03 bits per heavy atom. The third kappa shape index (κ3) is 3.62. The molecule has 0 saturated heterocycles. The predicted octanol–water partition coefficient (Wildman–Crippen LogP) is 4.11. The molecule has 3 aromatic carbocycles. The van der Waals surface area contributed by atoms with Gasteiger partial charge in [-0.3, -0.25) is 9.59 Å². The minimum Gasteiger partial charge on any atom is -0.493 e. The number of carbonyl (C=O) groups excluding carboxylic acids is 1. The molecule has 0 unspecified atom stereocenters. The van der Waals surface area contributed by atoms with E-state index in [9.17, 15) is 14.0 Å². The van der Waals surface area contributed by atoms with E-state index in [4.69, 9.17) is 13.9 Å². The molecule has 0 atom stereocenters. The minimum absolute atomic E-state index is 0.00859. The normalized spacial score (nSPS) is 10.8. The number of hydrogen-bond donors (Lipinski definition) is 1. The summed E-state index contributed by atoms with van der Waals surface area (Å²) in [6.07, 6.45) is 0. The topological polar surface area (TPSA) is 77.8 Å². The zero-order valence-electron chi connectivity index (χ0n) is 15.4. The number of carbonyl (C=O) groups is 1. The van der Waals surface area contributed by atoms with Crippen molar-refractivity contribution in [3.63, 3.8) is 0 Å². The first kappa shape index (κ1) is 18.5. The largest absolute Gasteiger partial charge is 0.493 e. The number of benzene rings is 3. The van der Waals surface area contributed by atoms with Gasteiger partial charge in [0.05, 0.1) is 17.9 Å². The summed E-state index contributed by atoms with van der Waals surface area (Å²) in [7, 11) is 1.49. The van der Waals surface area contributed by atoms with Crippen molar-refractivity contribution in [3.8, 4) is 11.5 Å². The molecule has 1 amide bonds. The summed E-state index contributed by atoms with van der Waals surface area (Å²) in [6, 6.07) is 15.6. The number of ether oxygens (including phenoxy) is 2. The van der Waals surface area contributed by atoms with Crippen LogP contribution in [0.2, 0.25) is 0 Å². The lowest BCUT2D eigenvalue weighted by atomic mass is 10.1. The van der Waals surface area contributed by atoms with Gasteiger partial charge < -0.3 is 19.2 Å². The van der Waals surface area contributed by atoms with Crippen LogP contribution in [0.15, 0.2) is 69.9 Å². The van der Waals surface area contributed by atoms with Crippen LogP contribution in [0.25, 0.3) is 21.9 Å². The van der Waals surface area contributed by atoms with Crippen LogP contribution in [0.1, 0.15) is 0 Å². The van der Waals surface area contributed by atoms with Crippen molar-refractivity contribution in [2.45, 2.75) is 0 Å². The summed E-state index contributed by atoms with van der Waals surface area (Å²) in [6.45, 7) is -0.367. The van der Waals surface area contributed by atoms with Gasteiger partial charge in [0.15, 0.2) is 29.5 Å². The number of anilines is 1. The maximum absolute atomic E-state index is 13.6. The number of nitrogens with one attached hydrogen (secondary N) is 1. The Bertz CT molecular complexity index is 1280. The first-order valence-electron chi connectivity index (χ1n) is 8.77. The molecule has 7 heteroatoms. The lowest BCUT2D eigenvalue weighted by Gasteiger charge is -2.09. The highest BCUT2D eigenvalue weighted by molar-refractivity contribution is 5.96. The summed E-state index contributed by atoms with van der Waals surface area (Å²) < 4.78 is 29.9. The number of para-hydroxylation sites is 2. The van der Waals surface area contributed by atoms with Crippen LogP contribution < -0.4 is 20.2 Å². The second kappa shape index (κ2) is 7.63. The summed E-state index contributed by atoms with van der Waals surface area (Å²) in [5, 5.41) is 3.43. The summed E-state index contributed by atoms with van der Waals surface area (Å²) >= 11 is 0. The quantitative estimate of drug-likeness (QED) is 0.516. The molecule has 6 nitrogen and oxygen atoms in total. The Balaban J connectivity index is 1.60. The number of amides is 1. The number of rotatable bonds is 5. The average molecular weight is 393 g/mol. The standard InChI is InChI=1S/C22H16FNO5/c1-27-18-8-4-5-15-21(26)14-10-9-13(11-19(14)29-22(15)18)24-20(25)12-28-17-7-3-2-6-16(17)23/h2-11H,12H2,1H3,(H,24,25). The lowest BCUT2D eigenvalue weighted by molar-refractivity contribution is -0.118. The Hall–Kier alpha value is -3.87. The van der Waals surface area contributed by atoms with Crippen LogP contribution in [0.5, 0.6) is 11.5 Å². The maximum atomic E-state index is 13.6. The van der Waals surface area contributed by atoms with E-state index in [1.807, 2.05) is 0 Å². The number of methoxy groups -OCH3 is 1. The zero-order chi connectivity index (χ0) is 20.4. The van der Waals surface area contributed by atoms with Crippen LogP contribution in [-0.2, 0) is 4.79 Å². The van der Waals surface area contributed by atoms with Gasteiger partial charge >= 0.3 is 0 Å². The van der Waals surface area contributed by atoms with E-state index < -0.39 is 11.7 Å². The van der Waals surface area contributed by atoms with Crippen molar-refractivity contribution in [1.29, 1.82) is 0 Å². The van der Waals surface area contributed by atoms with Crippen molar-refractivity contribution in [3.05, 3.63) is 76.7 Å². The van der Waals surface area contributed by atoms with Crippen LogP contribution in [0, 0.1) is 5.82 Å². The van der Waals surface area contributed by atoms with E-state index in [-0.39, 0.29) is 17.8 Å². The third-order valence-corrected chi connectivity index (χ3v) is 4.36. The molecular weight excluding hydrogens is 377 g/mol. The van der Waals surface area contributed by atoms with E-state index in [0.717, 1.165) is 0 Å². The van der Waals surface area contributed by atoms with Gasteiger partial charge in [-0.15, -0.1) is 0 Å². The summed E-state index contributed by atoms with van der Waals surface area (Å²) in [5.74, 6) is -0.595. The van der Waals surface area contributed by atoms with Gasteiger partial charge in [0, 0.05) is 11.8 Å². The highest BCUT2D eigenvalue weighted by Gasteiger charge is 2.13. The Labute approximate surface area is 164 Å². The fourth-order valence-electron chi connectivity index (χ4n) is 2.99. The molecule has 146 valence electrons. The fourth-order valence-corrected chi connectivity index (χ4v) is 2.99. The van der Waals surface area contributed by atoms with Gasteiger partial charge in [0.25, 0.3) is 5.91 Å². The molecule has 0 saturated carbocycles. The molecule has 0 radical (unpaired) electrons. The minimum atomic E-state index is -0.548. The molecule has 1 aromatic heterocycles. The van der Waals surface area contributed by atoms with E-state index >= 15 is 0 Å². The zero-order valence-corrected chi connectivity index (χ0v) is 15.4. The first-order chi connectivity index (χ1) is 14.1. The van der Waals surface area contributed by atoms with E-state index in [2.05, 4.69) is 5.32 Å². The van der Waals surface area contributed by atoms with Gasteiger partial charge in [-0.05, 0) is 36.4 Å². The molecule has 0 spiro atoms. The van der Waals surface area contributed by atoms with Gasteiger partial charge in [-0.25, -0.2) is 4.39 Å². The molecule has 0 aliphatic heterocycles. The van der Waals surface area contributed by atoms with Crippen LogP contribution >= 0.6 is 0 Å². The smallest absolute Gasteiger partial charge is 0.262 e. The number of halogens is 1. The maximum Gasteiger partial charge on any atom is 0.262 e. The van der Waals surface area contributed by atoms with Crippen molar-refractivity contribution in [2.24, 2.45) is 0 Å². The molecule has 4 rings (SSSR count). The van der Waals surface area contributed by atoms with Crippen molar-refractivity contribution in [1.82, 2.24) is 0 Å². The highest BCUT2D eigenvalue weighted by atomic mass is 19.1. The average Bonchev–Trinajstić information content (AvgIpc) is 2.73. The predicted molar refractivity (Wildman–Crippen MR) is 107 cm³/mol. The van der Waals surface area contributed by atoms with Crippen molar-refractivity contribution in [2.75, 3.05) is 19.0 Å². The Morgan fingerprint density at radius 2 is 1.83 bits per heavy atom. The van der Waals surface area contributed by atoms with Gasteiger partial charge in [-0.2, -0.15) is 0 Å². The Kier molecular flexibility index (Phi) is 4.87. The van der Waals surface area contributed by atoms with E-state index in [1.54, 1.807) is 42.5 Å². The van der Waals surface area contributed by atoms with E-state index in [0.29, 0.717) is 33.4 Å². The van der Waals surface area contributed by atoms with E-state index in [1.165, 1.54) is 25.3 Å². The summed E-state index contributed by atoms with van der Waals surface area (Å²) in [5.41, 5.74) is 0.858. The molecule has 0 aliphatic carbocycles. The Morgan fingerprint density at radius 3 is 2.62 bits per heavy atom. The van der Waals surface area contributed by atoms with Gasteiger partial charge in [0.2, 0.25) is 5.43 Å². The lowest BCUT2D eigenvalue weighted by Crippen LogP contribution is -2.20. The summed E-state index contributed by atoms with van der Waals surface area (Å²) in [4.78, 5) is 24.9. The SMILES string of the molecule is COc1cccc2c(=O)c3ccc(NC(=O)COc4ccccc4F)cc3oc12.